The van der Waals surface area contributed by atoms with Crippen molar-refractivity contribution in [3.8, 4) is 17.0 Å². The van der Waals surface area contributed by atoms with Crippen molar-refractivity contribution in [2.45, 2.75) is 123 Å². The number of carbonyl (C=O) groups excluding carboxylic acids is 1. The first-order valence-corrected chi connectivity index (χ1v) is 15.0. The number of unbranched alkanes of at least 4 members (excludes halogenated alkanes) is 9. The predicted molar refractivity (Wildman–Crippen MR) is 151 cm³/mol. The van der Waals surface area contributed by atoms with Crippen molar-refractivity contribution < 1.29 is 9.53 Å². The third-order valence-corrected chi connectivity index (χ3v) is 7.91. The van der Waals surface area contributed by atoms with Gasteiger partial charge in [-0.25, -0.2) is 0 Å². The SMILES string of the molecule is CCCCCCCCc1ccc(-c2ccc(OC(=O)C3CCC(CCCCCCC)CC3)cc2)nc1. The lowest BCUT2D eigenvalue weighted by Gasteiger charge is -2.27. The molecule has 0 amide bonds. The minimum absolute atomic E-state index is 0.0543. The number of esters is 1. The van der Waals surface area contributed by atoms with Gasteiger partial charge < -0.3 is 4.74 Å². The van der Waals surface area contributed by atoms with Gasteiger partial charge in [0.1, 0.15) is 5.75 Å². The van der Waals surface area contributed by atoms with Crippen LogP contribution in [0.4, 0.5) is 0 Å². The van der Waals surface area contributed by atoms with Crippen LogP contribution in [0.5, 0.6) is 5.75 Å². The quantitative estimate of drug-likeness (QED) is 0.133. The Morgan fingerprint density at radius 3 is 2.06 bits per heavy atom. The molecule has 3 nitrogen and oxygen atoms in total. The van der Waals surface area contributed by atoms with Crippen molar-refractivity contribution in [1.82, 2.24) is 4.98 Å². The van der Waals surface area contributed by atoms with Crippen LogP contribution < -0.4 is 4.74 Å². The van der Waals surface area contributed by atoms with E-state index in [0.29, 0.717) is 5.75 Å². The lowest BCUT2D eigenvalue weighted by molar-refractivity contribution is -0.140. The highest BCUT2D eigenvalue weighted by molar-refractivity contribution is 5.75. The summed E-state index contributed by atoms with van der Waals surface area (Å²) < 4.78 is 5.74. The molecule has 0 N–H and O–H groups in total. The van der Waals surface area contributed by atoms with Gasteiger partial charge in [-0.05, 0) is 80.3 Å². The maximum absolute atomic E-state index is 12.7. The number of carbonyl (C=O) groups is 1. The van der Waals surface area contributed by atoms with E-state index in [1.165, 1.54) is 95.5 Å². The summed E-state index contributed by atoms with van der Waals surface area (Å²) in [5, 5.41) is 0. The first-order chi connectivity index (χ1) is 17.7. The van der Waals surface area contributed by atoms with Crippen LogP contribution in [0.25, 0.3) is 11.3 Å². The van der Waals surface area contributed by atoms with Crippen molar-refractivity contribution in [1.29, 1.82) is 0 Å². The van der Waals surface area contributed by atoms with Crippen LogP contribution in [0.1, 0.15) is 122 Å². The smallest absolute Gasteiger partial charge is 0.314 e. The molecule has 3 rings (SSSR count). The van der Waals surface area contributed by atoms with E-state index in [1.54, 1.807) is 0 Å². The predicted octanol–water partition coefficient (Wildman–Crippen LogP) is 9.72. The lowest BCUT2D eigenvalue weighted by Crippen LogP contribution is -2.25. The molecule has 0 unspecified atom stereocenters. The second-order valence-corrected chi connectivity index (χ2v) is 10.9. The Bertz CT molecular complexity index is 850. The maximum Gasteiger partial charge on any atom is 0.314 e. The minimum atomic E-state index is -0.0543. The highest BCUT2D eigenvalue weighted by Crippen LogP contribution is 2.33. The molecule has 198 valence electrons. The molecule has 1 aliphatic carbocycles. The van der Waals surface area contributed by atoms with E-state index in [4.69, 9.17) is 4.74 Å². The third kappa shape index (κ3) is 10.1. The number of benzene rings is 1. The van der Waals surface area contributed by atoms with Crippen LogP contribution in [0.3, 0.4) is 0 Å². The summed E-state index contributed by atoms with van der Waals surface area (Å²) in [6.45, 7) is 4.53. The molecule has 2 aromatic rings. The second-order valence-electron chi connectivity index (χ2n) is 10.9. The first kappa shape index (κ1) is 28.4. The fourth-order valence-electron chi connectivity index (χ4n) is 5.47. The van der Waals surface area contributed by atoms with Crippen molar-refractivity contribution >= 4 is 5.97 Å². The van der Waals surface area contributed by atoms with Crippen LogP contribution in [0, 0.1) is 11.8 Å². The molecule has 1 aromatic carbocycles. The summed E-state index contributed by atoms with van der Waals surface area (Å²) in [4.78, 5) is 17.4. The van der Waals surface area contributed by atoms with Gasteiger partial charge in [0.25, 0.3) is 0 Å². The molecule has 0 bridgehead atoms. The number of aromatic nitrogens is 1. The molecule has 1 aliphatic rings. The molecule has 1 aromatic heterocycles. The van der Waals surface area contributed by atoms with Gasteiger partial charge in [-0.1, -0.05) is 90.5 Å². The average Bonchev–Trinajstić information content (AvgIpc) is 2.92. The van der Waals surface area contributed by atoms with E-state index in [-0.39, 0.29) is 11.9 Å². The number of rotatable bonds is 16. The number of pyridine rings is 1. The van der Waals surface area contributed by atoms with E-state index < -0.39 is 0 Å². The molecule has 36 heavy (non-hydrogen) atoms. The third-order valence-electron chi connectivity index (χ3n) is 7.91. The highest BCUT2D eigenvalue weighted by atomic mass is 16.5. The summed E-state index contributed by atoms with van der Waals surface area (Å²) in [5.41, 5.74) is 3.33. The van der Waals surface area contributed by atoms with Crippen molar-refractivity contribution in [3.63, 3.8) is 0 Å². The average molecular weight is 492 g/mol. The standard InChI is InChI=1S/C33H49NO2/c1-3-5-7-9-11-13-15-28-18-25-32(34-26-28)29-21-23-31(24-22-29)36-33(35)30-19-16-27(17-20-30)14-12-10-8-6-4-2/h18,21-27,30H,3-17,19-20H2,1-2H3. The van der Waals surface area contributed by atoms with Gasteiger partial charge in [0.05, 0.1) is 11.6 Å². The summed E-state index contributed by atoms with van der Waals surface area (Å²) in [6.07, 6.45) is 23.4. The molecular weight excluding hydrogens is 442 g/mol. The van der Waals surface area contributed by atoms with Gasteiger partial charge in [-0.15, -0.1) is 0 Å². The Balaban J connectivity index is 1.37. The van der Waals surface area contributed by atoms with E-state index in [1.807, 2.05) is 30.5 Å². The number of nitrogens with zero attached hydrogens (tertiary/aromatic N) is 1. The van der Waals surface area contributed by atoms with Gasteiger partial charge in [0.15, 0.2) is 0 Å². The van der Waals surface area contributed by atoms with Crippen LogP contribution in [-0.4, -0.2) is 11.0 Å². The fourth-order valence-corrected chi connectivity index (χ4v) is 5.47. The van der Waals surface area contributed by atoms with E-state index in [0.717, 1.165) is 36.4 Å². The number of hydrogen-bond acceptors (Lipinski definition) is 3. The Morgan fingerprint density at radius 2 is 1.42 bits per heavy atom. The van der Waals surface area contributed by atoms with Crippen molar-refractivity contribution in [2.75, 3.05) is 0 Å². The largest absolute Gasteiger partial charge is 0.426 e. The van der Waals surface area contributed by atoms with Crippen LogP contribution in [-0.2, 0) is 11.2 Å². The molecule has 0 saturated heterocycles. The lowest BCUT2D eigenvalue weighted by atomic mass is 9.80. The van der Waals surface area contributed by atoms with Crippen LogP contribution in [0.2, 0.25) is 0 Å². The maximum atomic E-state index is 12.7. The second kappa shape index (κ2) is 16.6. The van der Waals surface area contributed by atoms with Crippen LogP contribution in [0.15, 0.2) is 42.6 Å². The first-order valence-electron chi connectivity index (χ1n) is 15.0. The zero-order valence-electron chi connectivity index (χ0n) is 23.0. The number of hydrogen-bond donors (Lipinski definition) is 0. The van der Waals surface area contributed by atoms with E-state index in [2.05, 4.69) is 31.0 Å². The van der Waals surface area contributed by atoms with Gasteiger partial charge in [0, 0.05) is 11.8 Å². The van der Waals surface area contributed by atoms with Gasteiger partial charge in [-0.3, -0.25) is 9.78 Å². The van der Waals surface area contributed by atoms with E-state index in [9.17, 15) is 4.79 Å². The summed E-state index contributed by atoms with van der Waals surface area (Å²) in [6, 6.07) is 12.1. The highest BCUT2D eigenvalue weighted by Gasteiger charge is 2.27. The van der Waals surface area contributed by atoms with Crippen molar-refractivity contribution in [3.05, 3.63) is 48.2 Å². The topological polar surface area (TPSA) is 39.2 Å². The molecule has 0 radical (unpaired) electrons. The zero-order valence-corrected chi connectivity index (χ0v) is 23.0. The summed E-state index contributed by atoms with van der Waals surface area (Å²) in [7, 11) is 0. The normalized spacial score (nSPS) is 17.7. The Kier molecular flexibility index (Phi) is 13.1. The van der Waals surface area contributed by atoms with Gasteiger partial charge >= 0.3 is 5.97 Å². The Labute approximate surface area is 220 Å². The molecule has 1 heterocycles. The molecule has 1 fully saturated rings. The van der Waals surface area contributed by atoms with Gasteiger partial charge in [0.2, 0.25) is 0 Å². The number of ether oxygens (including phenoxy) is 1. The minimum Gasteiger partial charge on any atom is -0.426 e. The Morgan fingerprint density at radius 1 is 0.778 bits per heavy atom. The monoisotopic (exact) mass is 491 g/mol. The molecule has 3 heteroatoms. The summed E-state index contributed by atoms with van der Waals surface area (Å²) >= 11 is 0. The molecule has 0 atom stereocenters. The van der Waals surface area contributed by atoms with Crippen molar-refractivity contribution in [2.24, 2.45) is 11.8 Å². The molecule has 0 spiro atoms. The molecular formula is C33H49NO2. The fraction of sp³-hybridized carbons (Fsp3) is 0.636. The van der Waals surface area contributed by atoms with Crippen LogP contribution >= 0.6 is 0 Å². The number of aryl methyl sites for hydroxylation is 1. The molecule has 1 saturated carbocycles. The van der Waals surface area contributed by atoms with E-state index >= 15 is 0 Å². The molecule has 0 aliphatic heterocycles. The summed E-state index contributed by atoms with van der Waals surface area (Å²) in [5.74, 6) is 1.45. The Hall–Kier alpha value is -2.16. The van der Waals surface area contributed by atoms with Gasteiger partial charge in [-0.2, -0.15) is 0 Å². The zero-order chi connectivity index (χ0) is 25.4.